The first-order chi connectivity index (χ1) is 19.3. The Morgan fingerprint density at radius 1 is 0.487 bits per heavy atom. The second-order valence-corrected chi connectivity index (χ2v) is 11.4. The van der Waals surface area contributed by atoms with Crippen molar-refractivity contribution in [2.24, 2.45) is 0 Å². The summed E-state index contributed by atoms with van der Waals surface area (Å²) in [6, 6.07) is 47.2. The number of benzene rings is 7. The van der Waals surface area contributed by atoms with Crippen molar-refractivity contribution in [3.8, 4) is 22.3 Å². The Bertz CT molecular complexity index is 2210. The third kappa shape index (κ3) is 3.37. The topological polar surface area (TPSA) is 0 Å². The summed E-state index contributed by atoms with van der Waals surface area (Å²) in [4.78, 5) is 0. The van der Waals surface area contributed by atoms with E-state index in [9.17, 15) is 0 Å². The molecule has 0 radical (unpaired) electrons. The van der Waals surface area contributed by atoms with Crippen LogP contribution < -0.4 is 0 Å². The maximum absolute atomic E-state index is 2.36. The molecule has 0 fully saturated rings. The molecule has 0 aliphatic heterocycles. The van der Waals surface area contributed by atoms with E-state index in [2.05, 4.69) is 134 Å². The van der Waals surface area contributed by atoms with Crippen molar-refractivity contribution in [3.63, 3.8) is 0 Å². The van der Waals surface area contributed by atoms with Crippen molar-refractivity contribution in [2.75, 3.05) is 0 Å². The van der Waals surface area contributed by atoms with Gasteiger partial charge in [-0.15, -0.1) is 11.3 Å². The molecular formula is C38H26S. The lowest BCUT2D eigenvalue weighted by Gasteiger charge is -2.20. The van der Waals surface area contributed by atoms with E-state index in [1.54, 1.807) is 0 Å². The van der Waals surface area contributed by atoms with Gasteiger partial charge < -0.3 is 0 Å². The van der Waals surface area contributed by atoms with Crippen LogP contribution in [0.4, 0.5) is 0 Å². The first-order valence-corrected chi connectivity index (χ1v) is 14.5. The molecule has 0 N–H and O–H groups in total. The molecule has 0 amide bonds. The van der Waals surface area contributed by atoms with E-state index in [0.717, 1.165) is 6.42 Å². The highest BCUT2D eigenvalue weighted by molar-refractivity contribution is 7.25. The molecule has 7 aromatic carbocycles. The Morgan fingerprint density at radius 2 is 1.15 bits per heavy atom. The van der Waals surface area contributed by atoms with Gasteiger partial charge in [-0.25, -0.2) is 0 Å². The smallest absolute Gasteiger partial charge is 0.0361 e. The third-order valence-corrected chi connectivity index (χ3v) is 9.36. The maximum atomic E-state index is 2.36. The Labute approximate surface area is 231 Å². The van der Waals surface area contributed by atoms with E-state index >= 15 is 0 Å². The number of thiophene rings is 1. The summed E-state index contributed by atoms with van der Waals surface area (Å²) < 4.78 is 2.69. The van der Waals surface area contributed by atoms with Gasteiger partial charge in [-0.05, 0) is 84.8 Å². The molecule has 8 rings (SSSR count). The molecule has 8 aromatic rings. The van der Waals surface area contributed by atoms with Gasteiger partial charge in [0.25, 0.3) is 0 Å². The predicted octanol–water partition coefficient (Wildman–Crippen LogP) is 11.4. The Hall–Kier alpha value is -4.46. The largest absolute Gasteiger partial charge is 0.135 e. The standard InChI is InChI=1S/C38H26S/c1-2-24-13-9-17-31-35(27-22-21-25-11-3-4-12-26(25)23-27)28-14-5-6-15-29(28)38(36(24)31)32-18-10-20-34-37(32)30-16-7-8-19-33(30)39-34/h3-23H,2H2,1H3. The van der Waals surface area contributed by atoms with Gasteiger partial charge in [0.1, 0.15) is 0 Å². The highest BCUT2D eigenvalue weighted by Crippen LogP contribution is 2.48. The second-order valence-electron chi connectivity index (χ2n) is 10.3. The van der Waals surface area contributed by atoms with Gasteiger partial charge in [-0.2, -0.15) is 0 Å². The van der Waals surface area contributed by atoms with Crippen molar-refractivity contribution in [3.05, 3.63) is 133 Å². The minimum absolute atomic E-state index is 0.986. The Kier molecular flexibility index (Phi) is 5.08. The van der Waals surface area contributed by atoms with Crippen LogP contribution in [0.5, 0.6) is 0 Å². The lowest BCUT2D eigenvalue weighted by atomic mass is 9.82. The zero-order chi connectivity index (χ0) is 25.9. The first kappa shape index (κ1) is 22.5. The summed E-state index contributed by atoms with van der Waals surface area (Å²) >= 11 is 1.89. The molecule has 39 heavy (non-hydrogen) atoms. The van der Waals surface area contributed by atoms with Crippen molar-refractivity contribution in [1.82, 2.24) is 0 Å². The fourth-order valence-electron chi connectivity index (χ4n) is 6.52. The van der Waals surface area contributed by atoms with E-state index < -0.39 is 0 Å². The van der Waals surface area contributed by atoms with Gasteiger partial charge in [0, 0.05) is 20.2 Å². The summed E-state index contributed by atoms with van der Waals surface area (Å²) in [5.74, 6) is 0. The van der Waals surface area contributed by atoms with E-state index in [1.165, 1.54) is 80.3 Å². The quantitative estimate of drug-likeness (QED) is 0.206. The number of hydrogen-bond acceptors (Lipinski definition) is 1. The first-order valence-electron chi connectivity index (χ1n) is 13.7. The van der Waals surface area contributed by atoms with E-state index in [4.69, 9.17) is 0 Å². The molecule has 1 heterocycles. The van der Waals surface area contributed by atoms with Gasteiger partial charge in [0.2, 0.25) is 0 Å². The number of hydrogen-bond donors (Lipinski definition) is 0. The molecule has 0 aliphatic rings. The summed E-state index contributed by atoms with van der Waals surface area (Å²) in [7, 11) is 0. The summed E-state index contributed by atoms with van der Waals surface area (Å²) in [6.07, 6.45) is 0.986. The van der Waals surface area contributed by atoms with Crippen molar-refractivity contribution >= 4 is 63.8 Å². The fraction of sp³-hybridized carbons (Fsp3) is 0.0526. The summed E-state index contributed by atoms with van der Waals surface area (Å²) in [5, 5.41) is 10.6. The van der Waals surface area contributed by atoms with Crippen LogP contribution in [0.2, 0.25) is 0 Å². The van der Waals surface area contributed by atoms with Crippen LogP contribution >= 0.6 is 11.3 Å². The predicted molar refractivity (Wildman–Crippen MR) is 172 cm³/mol. The average molecular weight is 515 g/mol. The maximum Gasteiger partial charge on any atom is 0.0361 e. The lowest BCUT2D eigenvalue weighted by Crippen LogP contribution is -1.94. The molecule has 0 aliphatic carbocycles. The lowest BCUT2D eigenvalue weighted by molar-refractivity contribution is 1.16. The molecule has 0 saturated heterocycles. The van der Waals surface area contributed by atoms with Gasteiger partial charge in [0.05, 0.1) is 0 Å². The molecule has 1 aromatic heterocycles. The minimum atomic E-state index is 0.986. The molecule has 0 spiro atoms. The Morgan fingerprint density at radius 3 is 2.00 bits per heavy atom. The zero-order valence-electron chi connectivity index (χ0n) is 21.7. The van der Waals surface area contributed by atoms with Crippen LogP contribution in [0.1, 0.15) is 12.5 Å². The normalized spacial score (nSPS) is 11.8. The van der Waals surface area contributed by atoms with Crippen LogP contribution in [0.15, 0.2) is 127 Å². The van der Waals surface area contributed by atoms with Crippen LogP contribution in [-0.2, 0) is 6.42 Å². The van der Waals surface area contributed by atoms with Crippen LogP contribution in [0.3, 0.4) is 0 Å². The Balaban J connectivity index is 1.58. The van der Waals surface area contributed by atoms with Crippen molar-refractivity contribution < 1.29 is 0 Å². The van der Waals surface area contributed by atoms with Gasteiger partial charge in [-0.3, -0.25) is 0 Å². The fourth-order valence-corrected chi connectivity index (χ4v) is 7.65. The molecule has 0 saturated carbocycles. The molecule has 0 atom stereocenters. The van der Waals surface area contributed by atoms with Gasteiger partial charge >= 0.3 is 0 Å². The van der Waals surface area contributed by atoms with Crippen molar-refractivity contribution in [2.45, 2.75) is 13.3 Å². The number of rotatable bonds is 3. The van der Waals surface area contributed by atoms with Gasteiger partial charge in [0.15, 0.2) is 0 Å². The SMILES string of the molecule is CCc1cccc2c(-c3ccc4ccccc4c3)c3ccccc3c(-c3cccc4sc5ccccc5c34)c12. The molecule has 1 heteroatoms. The highest BCUT2D eigenvalue weighted by Gasteiger charge is 2.21. The molecule has 0 bridgehead atoms. The molecule has 0 nitrogen and oxygen atoms in total. The van der Waals surface area contributed by atoms with Crippen LogP contribution in [-0.4, -0.2) is 0 Å². The molecule has 184 valence electrons. The van der Waals surface area contributed by atoms with Crippen LogP contribution in [0, 0.1) is 0 Å². The number of fused-ring (bicyclic) bond motifs is 6. The monoisotopic (exact) mass is 514 g/mol. The summed E-state index contributed by atoms with van der Waals surface area (Å²) in [5.41, 5.74) is 6.68. The number of aryl methyl sites for hydroxylation is 1. The van der Waals surface area contributed by atoms with E-state index in [1.807, 2.05) is 11.3 Å². The van der Waals surface area contributed by atoms with Crippen molar-refractivity contribution in [1.29, 1.82) is 0 Å². The summed E-state index contributed by atoms with van der Waals surface area (Å²) in [6.45, 7) is 2.28. The van der Waals surface area contributed by atoms with E-state index in [0.29, 0.717) is 0 Å². The van der Waals surface area contributed by atoms with Gasteiger partial charge in [-0.1, -0.05) is 116 Å². The minimum Gasteiger partial charge on any atom is -0.135 e. The third-order valence-electron chi connectivity index (χ3n) is 8.23. The molecular weight excluding hydrogens is 488 g/mol. The zero-order valence-corrected chi connectivity index (χ0v) is 22.6. The highest BCUT2D eigenvalue weighted by atomic mass is 32.1. The average Bonchev–Trinajstić information content (AvgIpc) is 3.38. The second kappa shape index (κ2) is 8.80. The van der Waals surface area contributed by atoms with Crippen LogP contribution in [0.25, 0.3) is 74.7 Å². The van der Waals surface area contributed by atoms with E-state index in [-0.39, 0.29) is 0 Å². The molecule has 0 unspecified atom stereocenters.